The molecule has 0 bridgehead atoms. The van der Waals surface area contributed by atoms with E-state index in [2.05, 4.69) is 67.8 Å². The fourth-order valence-electron chi connectivity index (χ4n) is 6.47. The average molecular weight is 726 g/mol. The van der Waals surface area contributed by atoms with Gasteiger partial charge in [0.25, 0.3) is 0 Å². The predicted molar refractivity (Wildman–Crippen MR) is 230 cm³/mol. The lowest BCUT2D eigenvalue weighted by molar-refractivity contribution is -0.123. The van der Waals surface area contributed by atoms with E-state index in [4.69, 9.17) is 0 Å². The summed E-state index contributed by atoms with van der Waals surface area (Å²) in [6, 6.07) is -0.651. The van der Waals surface area contributed by atoms with Gasteiger partial charge in [0.2, 0.25) is 5.91 Å². The molecule has 0 aliphatic heterocycles. The minimum atomic E-state index is -0.875. The van der Waals surface area contributed by atoms with Crippen molar-refractivity contribution in [2.75, 3.05) is 6.61 Å². The fraction of sp³-hybridized carbons (Fsp3) is 0.771. The average Bonchev–Trinajstić information content (AvgIpc) is 3.15. The highest BCUT2D eigenvalue weighted by atomic mass is 16.3. The third-order valence-electron chi connectivity index (χ3n) is 9.95. The highest BCUT2D eigenvalue weighted by Gasteiger charge is 2.17. The van der Waals surface area contributed by atoms with Crippen molar-refractivity contribution >= 4 is 5.91 Å². The summed E-state index contributed by atoms with van der Waals surface area (Å²) in [5.74, 6) is -0.0873. The monoisotopic (exact) mass is 726 g/mol. The first-order valence-electron chi connectivity index (χ1n) is 22.5. The zero-order valence-corrected chi connectivity index (χ0v) is 34.6. The van der Waals surface area contributed by atoms with Crippen molar-refractivity contribution in [3.05, 3.63) is 60.8 Å². The first kappa shape index (κ1) is 50.1. The van der Waals surface area contributed by atoms with Gasteiger partial charge in [-0.3, -0.25) is 4.79 Å². The lowest BCUT2D eigenvalue weighted by atomic mass is 10.0. The molecule has 52 heavy (non-hydrogen) atoms. The maximum atomic E-state index is 12.4. The first-order chi connectivity index (χ1) is 25.7. The molecular weight excluding hydrogens is 639 g/mol. The fourth-order valence-corrected chi connectivity index (χ4v) is 6.47. The summed E-state index contributed by atoms with van der Waals surface area (Å²) in [6.07, 6.45) is 60.4. The number of carbonyl (C=O) groups is 1. The molecule has 2 atom stereocenters. The number of unbranched alkanes of at least 4 members (excludes halogenated alkanes) is 25. The van der Waals surface area contributed by atoms with E-state index in [1.807, 2.05) is 6.08 Å². The van der Waals surface area contributed by atoms with Crippen LogP contribution >= 0.6 is 0 Å². The molecule has 0 aromatic rings. The number of amides is 1. The Balaban J connectivity index is 3.67. The third kappa shape index (κ3) is 39.3. The van der Waals surface area contributed by atoms with Gasteiger partial charge < -0.3 is 15.5 Å². The summed E-state index contributed by atoms with van der Waals surface area (Å²) < 4.78 is 0. The van der Waals surface area contributed by atoms with Crippen molar-refractivity contribution < 1.29 is 15.0 Å². The maximum Gasteiger partial charge on any atom is 0.220 e. The van der Waals surface area contributed by atoms with Crippen LogP contribution in [0.1, 0.15) is 219 Å². The number of hydrogen-bond donors (Lipinski definition) is 3. The summed E-state index contributed by atoms with van der Waals surface area (Å²) in [5, 5.41) is 23.0. The SMILES string of the molecule is CCCCCC/C=C\C/C=C\CCCCCCCCCC(=O)NC(CO)C(O)/C=C/CC/C=C/CC/C=C/CCCCCCCCCCCCCC. The van der Waals surface area contributed by atoms with Gasteiger partial charge in [-0.25, -0.2) is 0 Å². The van der Waals surface area contributed by atoms with E-state index in [0.717, 1.165) is 51.4 Å². The van der Waals surface area contributed by atoms with Gasteiger partial charge in [-0.2, -0.15) is 0 Å². The highest BCUT2D eigenvalue weighted by Crippen LogP contribution is 2.14. The van der Waals surface area contributed by atoms with Crippen LogP contribution in [0.4, 0.5) is 0 Å². The number of aliphatic hydroxyl groups is 2. The molecule has 4 nitrogen and oxygen atoms in total. The van der Waals surface area contributed by atoms with Crippen LogP contribution < -0.4 is 5.32 Å². The van der Waals surface area contributed by atoms with Gasteiger partial charge in [0.1, 0.15) is 0 Å². The first-order valence-corrected chi connectivity index (χ1v) is 22.5. The van der Waals surface area contributed by atoms with E-state index in [1.54, 1.807) is 6.08 Å². The van der Waals surface area contributed by atoms with Gasteiger partial charge in [-0.15, -0.1) is 0 Å². The molecule has 0 spiro atoms. The Kier molecular flexibility index (Phi) is 41.9. The largest absolute Gasteiger partial charge is 0.394 e. The molecule has 0 radical (unpaired) electrons. The van der Waals surface area contributed by atoms with Gasteiger partial charge >= 0.3 is 0 Å². The Morgan fingerprint density at radius 1 is 0.462 bits per heavy atom. The van der Waals surface area contributed by atoms with Gasteiger partial charge in [0.15, 0.2) is 0 Å². The van der Waals surface area contributed by atoms with Crippen LogP contribution in [-0.4, -0.2) is 34.9 Å². The number of nitrogens with one attached hydrogen (secondary N) is 1. The van der Waals surface area contributed by atoms with Gasteiger partial charge in [-0.1, -0.05) is 197 Å². The van der Waals surface area contributed by atoms with Crippen LogP contribution in [0.15, 0.2) is 60.8 Å². The van der Waals surface area contributed by atoms with Crippen LogP contribution in [0.5, 0.6) is 0 Å². The Labute approximate surface area is 324 Å². The lowest BCUT2D eigenvalue weighted by Gasteiger charge is -2.19. The zero-order valence-electron chi connectivity index (χ0n) is 34.6. The summed E-state index contributed by atoms with van der Waals surface area (Å²) in [5.41, 5.74) is 0. The van der Waals surface area contributed by atoms with Crippen molar-refractivity contribution in [2.45, 2.75) is 231 Å². The maximum absolute atomic E-state index is 12.4. The van der Waals surface area contributed by atoms with Crippen LogP contribution in [0.25, 0.3) is 0 Å². The van der Waals surface area contributed by atoms with Crippen LogP contribution in [-0.2, 0) is 4.79 Å². The molecule has 0 saturated carbocycles. The molecular formula is C48H87NO3. The van der Waals surface area contributed by atoms with Crippen molar-refractivity contribution in [3.63, 3.8) is 0 Å². The molecule has 302 valence electrons. The third-order valence-corrected chi connectivity index (χ3v) is 9.95. The number of carbonyl (C=O) groups excluding carboxylic acids is 1. The van der Waals surface area contributed by atoms with E-state index < -0.39 is 12.1 Å². The number of aliphatic hydroxyl groups excluding tert-OH is 2. The molecule has 0 aliphatic carbocycles. The van der Waals surface area contributed by atoms with Crippen molar-refractivity contribution in [3.8, 4) is 0 Å². The highest BCUT2D eigenvalue weighted by molar-refractivity contribution is 5.76. The second kappa shape index (κ2) is 43.5. The van der Waals surface area contributed by atoms with Crippen LogP contribution in [0.3, 0.4) is 0 Å². The molecule has 1 amide bonds. The summed E-state index contributed by atoms with van der Waals surface area (Å²) in [4.78, 5) is 12.4. The number of allylic oxidation sites excluding steroid dienone is 9. The van der Waals surface area contributed by atoms with Gasteiger partial charge in [0.05, 0.1) is 18.8 Å². The molecule has 2 unspecified atom stereocenters. The molecule has 0 rings (SSSR count). The van der Waals surface area contributed by atoms with E-state index in [-0.39, 0.29) is 12.5 Å². The second-order valence-corrected chi connectivity index (χ2v) is 15.1. The Bertz CT molecular complexity index is 873. The van der Waals surface area contributed by atoms with E-state index in [1.165, 1.54) is 148 Å². The molecule has 0 fully saturated rings. The topological polar surface area (TPSA) is 69.6 Å². The van der Waals surface area contributed by atoms with Crippen molar-refractivity contribution in [1.29, 1.82) is 0 Å². The Morgan fingerprint density at radius 2 is 0.808 bits per heavy atom. The predicted octanol–water partition coefficient (Wildman–Crippen LogP) is 14.1. The Hall–Kier alpha value is -1.91. The zero-order chi connectivity index (χ0) is 37.8. The van der Waals surface area contributed by atoms with Gasteiger partial charge in [0, 0.05) is 6.42 Å². The lowest BCUT2D eigenvalue weighted by Crippen LogP contribution is -2.45. The molecule has 0 aromatic carbocycles. The smallest absolute Gasteiger partial charge is 0.220 e. The van der Waals surface area contributed by atoms with E-state index >= 15 is 0 Å². The molecule has 3 N–H and O–H groups in total. The van der Waals surface area contributed by atoms with Crippen molar-refractivity contribution in [2.24, 2.45) is 0 Å². The molecule has 0 aromatic heterocycles. The van der Waals surface area contributed by atoms with Gasteiger partial charge in [-0.05, 0) is 77.0 Å². The minimum Gasteiger partial charge on any atom is -0.394 e. The minimum absolute atomic E-state index is 0.0873. The normalized spacial score (nSPS) is 13.5. The summed E-state index contributed by atoms with van der Waals surface area (Å²) >= 11 is 0. The molecule has 0 aliphatic rings. The van der Waals surface area contributed by atoms with Crippen LogP contribution in [0.2, 0.25) is 0 Å². The van der Waals surface area contributed by atoms with Crippen molar-refractivity contribution in [1.82, 2.24) is 5.32 Å². The van der Waals surface area contributed by atoms with E-state index in [9.17, 15) is 15.0 Å². The molecule has 0 heterocycles. The van der Waals surface area contributed by atoms with E-state index in [0.29, 0.717) is 6.42 Å². The van der Waals surface area contributed by atoms with Crippen LogP contribution in [0, 0.1) is 0 Å². The molecule has 4 heteroatoms. The summed E-state index contributed by atoms with van der Waals surface area (Å²) in [7, 11) is 0. The summed E-state index contributed by atoms with van der Waals surface area (Å²) in [6.45, 7) is 4.27. The number of rotatable bonds is 40. The second-order valence-electron chi connectivity index (χ2n) is 15.1. The standard InChI is InChI=1S/C48H87NO3/c1-3-5-7-9-11-13-15-17-19-21-23-24-25-26-27-29-31-33-35-37-39-41-43-47(51)46(45-50)49-48(52)44-42-40-38-36-34-32-30-28-22-20-18-16-14-12-10-8-6-4-2/h14,16,20,22,26-27,33,35,41,43,46-47,50-51H,3-13,15,17-19,21,23-25,28-32,34,36-40,42,44-45H2,1-2H3,(H,49,52)/b16-14-,22-20-,27-26+,35-33+,43-41+. The molecule has 0 saturated heterocycles. The Morgan fingerprint density at radius 3 is 1.25 bits per heavy atom. The quantitative estimate of drug-likeness (QED) is 0.0435. The number of hydrogen-bond acceptors (Lipinski definition) is 3.